The van der Waals surface area contributed by atoms with Crippen molar-refractivity contribution in [3.63, 3.8) is 0 Å². The van der Waals surface area contributed by atoms with E-state index in [9.17, 15) is 9.90 Å². The number of para-hydroxylation sites is 1. The molecule has 16 heavy (non-hydrogen) atoms. The first-order chi connectivity index (χ1) is 7.66. The van der Waals surface area contributed by atoms with Gasteiger partial charge in [-0.05, 0) is 13.0 Å². The van der Waals surface area contributed by atoms with E-state index in [-0.39, 0.29) is 5.75 Å². The van der Waals surface area contributed by atoms with Crippen molar-refractivity contribution < 1.29 is 9.90 Å². The molecule has 0 radical (unpaired) electrons. The molecule has 0 atom stereocenters. The highest BCUT2D eigenvalue weighted by molar-refractivity contribution is 8.00. The number of carboxylic acid groups (broad SMARTS) is 1. The van der Waals surface area contributed by atoms with Crippen LogP contribution >= 0.6 is 11.8 Å². The van der Waals surface area contributed by atoms with Crippen molar-refractivity contribution in [2.45, 2.75) is 11.9 Å². The first-order valence-corrected chi connectivity index (χ1v) is 5.71. The number of aryl methyl sites for hydroxylation is 1. The number of thioether (sulfide) groups is 1. The van der Waals surface area contributed by atoms with Gasteiger partial charge in [0.25, 0.3) is 0 Å². The molecule has 1 aromatic heterocycles. The minimum atomic E-state index is -1.09. The Morgan fingerprint density at radius 3 is 2.88 bits per heavy atom. The Labute approximate surface area is 96.7 Å². The Hall–Kier alpha value is -1.62. The molecule has 0 unspecified atom stereocenters. The van der Waals surface area contributed by atoms with Crippen LogP contribution in [0.15, 0.2) is 29.3 Å². The Balaban J connectivity index is 2.46. The summed E-state index contributed by atoms with van der Waals surface area (Å²) < 4.78 is 0. The average molecular weight is 233 g/mol. The second kappa shape index (κ2) is 4.49. The lowest BCUT2D eigenvalue weighted by atomic mass is 10.2. The summed E-state index contributed by atoms with van der Waals surface area (Å²) in [5.41, 5.74) is 0.829. The summed E-state index contributed by atoms with van der Waals surface area (Å²) in [6.45, 7) is 1.79. The highest BCUT2D eigenvalue weighted by Crippen LogP contribution is 2.24. The van der Waals surface area contributed by atoms with Gasteiger partial charge in [0.05, 0.1) is 11.5 Å². The van der Waals surface area contributed by atoms with E-state index in [2.05, 4.69) is 9.97 Å². The molecule has 5 heteroatoms. The number of rotatable bonds is 3. The molecule has 0 spiro atoms. The standard InChI is InChI=1S/C11H10N2O2S/c1-7-12-9-5-3-2-4-8(9)11(13-7)16-6-10(14)15/h2-5H,6H2,1H3,(H,14,15)/p-1. The van der Waals surface area contributed by atoms with E-state index in [1.165, 1.54) is 0 Å². The Bertz CT molecular complexity index is 542. The molecule has 0 aliphatic heterocycles. The van der Waals surface area contributed by atoms with E-state index in [4.69, 9.17) is 0 Å². The minimum Gasteiger partial charge on any atom is -0.549 e. The molecule has 0 amide bonds. The SMILES string of the molecule is Cc1nc(SCC(=O)[O-])c2ccccc2n1. The second-order valence-electron chi connectivity index (χ2n) is 3.25. The topological polar surface area (TPSA) is 65.9 Å². The molecular weight excluding hydrogens is 224 g/mol. The average Bonchev–Trinajstić information content (AvgIpc) is 2.25. The van der Waals surface area contributed by atoms with Gasteiger partial charge in [0.1, 0.15) is 10.9 Å². The molecule has 0 aliphatic rings. The van der Waals surface area contributed by atoms with Crippen LogP contribution in [0.1, 0.15) is 5.82 Å². The highest BCUT2D eigenvalue weighted by Gasteiger charge is 2.05. The summed E-state index contributed by atoms with van der Waals surface area (Å²) in [4.78, 5) is 18.9. The lowest BCUT2D eigenvalue weighted by molar-refractivity contribution is -0.301. The normalized spacial score (nSPS) is 10.6. The highest BCUT2D eigenvalue weighted by atomic mass is 32.2. The van der Waals surface area contributed by atoms with E-state index >= 15 is 0 Å². The van der Waals surface area contributed by atoms with Crippen LogP contribution < -0.4 is 5.11 Å². The molecule has 0 fully saturated rings. The van der Waals surface area contributed by atoms with Gasteiger partial charge in [0, 0.05) is 11.1 Å². The van der Waals surface area contributed by atoms with E-state index in [0.29, 0.717) is 10.9 Å². The lowest BCUT2D eigenvalue weighted by Crippen LogP contribution is -2.24. The van der Waals surface area contributed by atoms with Crippen molar-refractivity contribution in [3.8, 4) is 0 Å². The third-order valence-corrected chi connectivity index (χ3v) is 2.97. The van der Waals surface area contributed by atoms with Gasteiger partial charge in [-0.3, -0.25) is 0 Å². The molecule has 2 rings (SSSR count). The summed E-state index contributed by atoms with van der Waals surface area (Å²) in [7, 11) is 0. The van der Waals surface area contributed by atoms with Crippen LogP contribution in [0, 0.1) is 6.92 Å². The second-order valence-corrected chi connectivity index (χ2v) is 4.22. The third kappa shape index (κ3) is 2.30. The molecule has 4 nitrogen and oxygen atoms in total. The summed E-state index contributed by atoms with van der Waals surface area (Å²) >= 11 is 1.16. The first kappa shape index (κ1) is 10.9. The molecular formula is C11H9N2O2S-. The molecule has 0 saturated heterocycles. The van der Waals surface area contributed by atoms with Crippen LogP contribution in [-0.2, 0) is 4.79 Å². The third-order valence-electron chi connectivity index (χ3n) is 2.01. The lowest BCUT2D eigenvalue weighted by Gasteiger charge is -2.06. The zero-order chi connectivity index (χ0) is 11.5. The molecule has 0 saturated carbocycles. The number of hydrogen-bond acceptors (Lipinski definition) is 5. The minimum absolute atomic E-state index is 0.0968. The number of nitrogens with zero attached hydrogens (tertiary/aromatic N) is 2. The first-order valence-electron chi connectivity index (χ1n) is 4.73. The molecule has 2 aromatic rings. The fraction of sp³-hybridized carbons (Fsp3) is 0.182. The van der Waals surface area contributed by atoms with E-state index in [0.717, 1.165) is 22.7 Å². The fourth-order valence-electron chi connectivity index (χ4n) is 1.40. The van der Waals surface area contributed by atoms with Crippen molar-refractivity contribution in [3.05, 3.63) is 30.1 Å². The number of carbonyl (C=O) groups excluding carboxylic acids is 1. The maximum absolute atomic E-state index is 10.4. The quantitative estimate of drug-likeness (QED) is 0.579. The zero-order valence-corrected chi connectivity index (χ0v) is 9.45. The fourth-order valence-corrected chi connectivity index (χ4v) is 2.18. The molecule has 0 aliphatic carbocycles. The van der Waals surface area contributed by atoms with Crippen LogP contribution in [0.25, 0.3) is 10.9 Å². The number of aliphatic carboxylic acids is 1. The van der Waals surface area contributed by atoms with Crippen molar-refractivity contribution >= 4 is 28.6 Å². The van der Waals surface area contributed by atoms with Crippen LogP contribution in [0.2, 0.25) is 0 Å². The number of fused-ring (bicyclic) bond motifs is 1. The van der Waals surface area contributed by atoms with Gasteiger partial charge >= 0.3 is 0 Å². The number of carboxylic acids is 1. The molecule has 82 valence electrons. The Kier molecular flexibility index (Phi) is 3.05. The smallest absolute Gasteiger partial charge is 0.127 e. The van der Waals surface area contributed by atoms with Crippen LogP contribution in [0.4, 0.5) is 0 Å². The molecule has 1 heterocycles. The predicted molar refractivity (Wildman–Crippen MR) is 60.0 cm³/mol. The van der Waals surface area contributed by atoms with Gasteiger partial charge < -0.3 is 9.90 Å². The summed E-state index contributed by atoms with van der Waals surface area (Å²) in [6, 6.07) is 7.53. The van der Waals surface area contributed by atoms with E-state index in [1.54, 1.807) is 6.92 Å². The van der Waals surface area contributed by atoms with Crippen molar-refractivity contribution in [1.82, 2.24) is 9.97 Å². The Morgan fingerprint density at radius 1 is 1.38 bits per heavy atom. The van der Waals surface area contributed by atoms with Gasteiger partial charge in [0.15, 0.2) is 0 Å². The number of aromatic nitrogens is 2. The van der Waals surface area contributed by atoms with E-state index < -0.39 is 5.97 Å². The molecule has 0 bridgehead atoms. The van der Waals surface area contributed by atoms with Crippen LogP contribution in [0.3, 0.4) is 0 Å². The van der Waals surface area contributed by atoms with Crippen molar-refractivity contribution in [1.29, 1.82) is 0 Å². The number of benzene rings is 1. The maximum atomic E-state index is 10.4. The van der Waals surface area contributed by atoms with E-state index in [1.807, 2.05) is 24.3 Å². The predicted octanol–water partition coefficient (Wildman–Crippen LogP) is 0.780. The number of hydrogen-bond donors (Lipinski definition) is 0. The Morgan fingerprint density at radius 2 is 2.12 bits per heavy atom. The molecule has 0 N–H and O–H groups in total. The maximum Gasteiger partial charge on any atom is 0.127 e. The monoisotopic (exact) mass is 233 g/mol. The zero-order valence-electron chi connectivity index (χ0n) is 8.64. The summed E-state index contributed by atoms with van der Waals surface area (Å²) in [5, 5.41) is 12.0. The number of carbonyl (C=O) groups is 1. The van der Waals surface area contributed by atoms with Gasteiger partial charge in [-0.2, -0.15) is 0 Å². The summed E-state index contributed by atoms with van der Waals surface area (Å²) in [6.07, 6.45) is 0. The van der Waals surface area contributed by atoms with Crippen LogP contribution in [-0.4, -0.2) is 21.7 Å². The van der Waals surface area contributed by atoms with Crippen molar-refractivity contribution in [2.75, 3.05) is 5.75 Å². The summed E-state index contributed by atoms with van der Waals surface area (Å²) in [5.74, 6) is -0.551. The van der Waals surface area contributed by atoms with Gasteiger partial charge in [-0.1, -0.05) is 30.0 Å². The largest absolute Gasteiger partial charge is 0.549 e. The van der Waals surface area contributed by atoms with Crippen molar-refractivity contribution in [2.24, 2.45) is 0 Å². The van der Waals surface area contributed by atoms with Gasteiger partial charge in [-0.25, -0.2) is 9.97 Å². The van der Waals surface area contributed by atoms with Gasteiger partial charge in [0.2, 0.25) is 0 Å². The van der Waals surface area contributed by atoms with Gasteiger partial charge in [-0.15, -0.1) is 0 Å². The van der Waals surface area contributed by atoms with Crippen LogP contribution in [0.5, 0.6) is 0 Å². The molecule has 1 aromatic carbocycles.